The zero-order valence-corrected chi connectivity index (χ0v) is 13.0. The fraction of sp³-hybridized carbons (Fsp3) is 0.0909. The van der Waals surface area contributed by atoms with E-state index in [2.05, 4.69) is 20.9 Å². The van der Waals surface area contributed by atoms with Crippen molar-refractivity contribution in [3.05, 3.63) is 43.9 Å². The molecule has 0 aliphatic carbocycles. The second kappa shape index (κ2) is 6.33. The molecule has 0 amide bonds. The number of benzene rings is 1. The monoisotopic (exact) mass is 374 g/mol. The summed E-state index contributed by atoms with van der Waals surface area (Å²) in [5.41, 5.74) is 0.441. The number of aromatic nitrogens is 1. The third kappa shape index (κ3) is 3.78. The second-order valence-corrected chi connectivity index (χ2v) is 6.71. The molecular formula is C11H7BrN2O4S2. The van der Waals surface area contributed by atoms with Crippen LogP contribution >= 0.6 is 39.0 Å². The lowest BCUT2D eigenvalue weighted by atomic mass is 10.3. The predicted octanol–water partition coefficient (Wildman–Crippen LogP) is 3.59. The van der Waals surface area contributed by atoms with Crippen LogP contribution < -0.4 is 0 Å². The molecule has 0 spiro atoms. The highest BCUT2D eigenvalue weighted by molar-refractivity contribution is 9.10. The molecule has 2 aromatic rings. The first-order valence-corrected chi connectivity index (χ1v) is 7.72. The van der Waals surface area contributed by atoms with Gasteiger partial charge in [-0.15, -0.1) is 11.3 Å². The minimum Gasteiger partial charge on any atom is -0.481 e. The Balaban J connectivity index is 2.25. The van der Waals surface area contributed by atoms with Gasteiger partial charge in [0.25, 0.3) is 5.69 Å². The van der Waals surface area contributed by atoms with Crippen molar-refractivity contribution in [3.8, 4) is 0 Å². The van der Waals surface area contributed by atoms with Crippen molar-refractivity contribution in [1.82, 2.24) is 4.98 Å². The van der Waals surface area contributed by atoms with Crippen molar-refractivity contribution in [1.29, 1.82) is 0 Å². The van der Waals surface area contributed by atoms with Gasteiger partial charge in [0.15, 0.2) is 4.34 Å². The molecule has 1 N–H and O–H groups in total. The van der Waals surface area contributed by atoms with E-state index >= 15 is 0 Å². The van der Waals surface area contributed by atoms with E-state index in [1.165, 1.54) is 17.4 Å². The van der Waals surface area contributed by atoms with Crippen LogP contribution in [0.25, 0.3) is 0 Å². The van der Waals surface area contributed by atoms with Crippen molar-refractivity contribution in [2.45, 2.75) is 15.7 Å². The van der Waals surface area contributed by atoms with Crippen LogP contribution in [0.3, 0.4) is 0 Å². The molecule has 0 aliphatic rings. The van der Waals surface area contributed by atoms with Gasteiger partial charge >= 0.3 is 5.97 Å². The van der Waals surface area contributed by atoms with Crippen molar-refractivity contribution < 1.29 is 14.8 Å². The number of hydrogen-bond acceptors (Lipinski definition) is 6. The van der Waals surface area contributed by atoms with Gasteiger partial charge in [0.1, 0.15) is 0 Å². The number of hydrogen-bond donors (Lipinski definition) is 1. The molecule has 20 heavy (non-hydrogen) atoms. The average molecular weight is 375 g/mol. The van der Waals surface area contributed by atoms with Gasteiger partial charge in [-0.1, -0.05) is 27.7 Å². The van der Waals surface area contributed by atoms with Crippen LogP contribution in [0, 0.1) is 10.1 Å². The Bertz CT molecular complexity index is 674. The molecule has 0 fully saturated rings. The number of nitrogens with zero attached hydrogens (tertiary/aromatic N) is 2. The molecule has 6 nitrogen and oxygen atoms in total. The molecule has 2 rings (SSSR count). The molecule has 1 aromatic heterocycles. The Labute approximate surface area is 130 Å². The van der Waals surface area contributed by atoms with Gasteiger partial charge < -0.3 is 5.11 Å². The molecule has 1 aromatic carbocycles. The van der Waals surface area contributed by atoms with Crippen LogP contribution in [0.5, 0.6) is 0 Å². The van der Waals surface area contributed by atoms with Crippen LogP contribution in [0.2, 0.25) is 0 Å². The summed E-state index contributed by atoms with van der Waals surface area (Å²) in [5, 5.41) is 21.3. The van der Waals surface area contributed by atoms with Crippen LogP contribution in [-0.2, 0) is 11.2 Å². The van der Waals surface area contributed by atoms with Crippen LogP contribution in [0.15, 0.2) is 37.3 Å². The van der Waals surface area contributed by atoms with E-state index in [1.807, 2.05) is 0 Å². The molecular weight excluding hydrogens is 368 g/mol. The molecule has 104 valence electrons. The van der Waals surface area contributed by atoms with Crippen LogP contribution in [0.1, 0.15) is 5.69 Å². The van der Waals surface area contributed by atoms with Gasteiger partial charge in [-0.25, -0.2) is 4.98 Å². The van der Waals surface area contributed by atoms with Gasteiger partial charge in [-0.3, -0.25) is 14.9 Å². The maximum Gasteiger partial charge on any atom is 0.309 e. The highest BCUT2D eigenvalue weighted by Crippen LogP contribution is 2.37. The Morgan fingerprint density at radius 3 is 2.95 bits per heavy atom. The molecule has 0 aliphatic heterocycles. The zero-order chi connectivity index (χ0) is 14.7. The highest BCUT2D eigenvalue weighted by atomic mass is 79.9. The highest BCUT2D eigenvalue weighted by Gasteiger charge is 2.17. The standard InChI is InChI=1S/C11H7BrN2O4S2/c12-6-1-2-8(14(17)18)9(3-6)20-11-13-7(5-19-11)4-10(15)16/h1-3,5H,4H2,(H,15,16). The minimum absolute atomic E-state index is 0.00631. The number of carboxylic acid groups (broad SMARTS) is 1. The summed E-state index contributed by atoms with van der Waals surface area (Å²) in [5.74, 6) is -0.958. The number of nitro benzene ring substituents is 1. The summed E-state index contributed by atoms with van der Waals surface area (Å²) >= 11 is 5.68. The third-order valence-corrected chi connectivity index (χ3v) is 4.71. The Kier molecular flexibility index (Phi) is 4.73. The fourth-order valence-electron chi connectivity index (χ4n) is 1.39. The normalized spacial score (nSPS) is 10.4. The molecule has 0 atom stereocenters. The Morgan fingerprint density at radius 1 is 1.55 bits per heavy atom. The number of carboxylic acids is 1. The van der Waals surface area contributed by atoms with E-state index in [4.69, 9.17) is 5.11 Å². The lowest BCUT2D eigenvalue weighted by Crippen LogP contribution is -1.99. The fourth-order valence-corrected chi connectivity index (χ4v) is 3.83. The van der Waals surface area contributed by atoms with Crippen molar-refractivity contribution in [2.75, 3.05) is 0 Å². The number of thiazole rings is 1. The van der Waals surface area contributed by atoms with E-state index in [9.17, 15) is 14.9 Å². The first-order chi connectivity index (χ1) is 9.45. The Morgan fingerprint density at radius 2 is 2.30 bits per heavy atom. The number of carbonyl (C=O) groups is 1. The summed E-state index contributed by atoms with van der Waals surface area (Å²) in [6, 6.07) is 4.65. The number of aliphatic carboxylic acids is 1. The minimum atomic E-state index is -0.958. The molecule has 0 saturated heterocycles. The SMILES string of the molecule is O=C(O)Cc1csc(Sc2cc(Br)ccc2[N+](=O)[O-])n1. The van der Waals surface area contributed by atoms with Crippen molar-refractivity contribution in [2.24, 2.45) is 0 Å². The number of rotatable bonds is 5. The molecule has 0 bridgehead atoms. The lowest BCUT2D eigenvalue weighted by molar-refractivity contribution is -0.387. The van der Waals surface area contributed by atoms with E-state index in [-0.39, 0.29) is 12.1 Å². The van der Waals surface area contributed by atoms with Gasteiger partial charge in [-0.2, -0.15) is 0 Å². The summed E-state index contributed by atoms with van der Waals surface area (Å²) in [6.45, 7) is 0. The first kappa shape index (κ1) is 14.9. The average Bonchev–Trinajstić information content (AvgIpc) is 2.75. The van der Waals surface area contributed by atoms with Gasteiger partial charge in [-0.05, 0) is 12.1 Å². The number of nitro groups is 1. The van der Waals surface area contributed by atoms with Gasteiger partial charge in [0.2, 0.25) is 0 Å². The molecule has 1 heterocycles. The third-order valence-electron chi connectivity index (χ3n) is 2.18. The first-order valence-electron chi connectivity index (χ1n) is 5.23. The summed E-state index contributed by atoms with van der Waals surface area (Å²) in [7, 11) is 0. The van der Waals surface area contributed by atoms with E-state index in [0.29, 0.717) is 14.9 Å². The number of halogens is 1. The largest absolute Gasteiger partial charge is 0.481 e. The maximum absolute atomic E-state index is 11.0. The summed E-state index contributed by atoms with van der Waals surface area (Å²) in [4.78, 5) is 25.7. The lowest BCUT2D eigenvalue weighted by Gasteiger charge is -2.00. The second-order valence-electron chi connectivity index (χ2n) is 3.65. The van der Waals surface area contributed by atoms with E-state index in [0.717, 1.165) is 16.2 Å². The topological polar surface area (TPSA) is 93.3 Å². The van der Waals surface area contributed by atoms with Crippen LogP contribution in [-0.4, -0.2) is 21.0 Å². The summed E-state index contributed by atoms with van der Waals surface area (Å²) in [6.07, 6.45) is -0.155. The molecule has 0 unspecified atom stereocenters. The quantitative estimate of drug-likeness (QED) is 0.634. The van der Waals surface area contributed by atoms with Crippen molar-refractivity contribution in [3.63, 3.8) is 0 Å². The van der Waals surface area contributed by atoms with Crippen LogP contribution in [0.4, 0.5) is 5.69 Å². The van der Waals surface area contributed by atoms with Crippen molar-refractivity contribution >= 4 is 50.7 Å². The molecule has 9 heteroatoms. The zero-order valence-electron chi connectivity index (χ0n) is 9.78. The van der Waals surface area contributed by atoms with E-state index < -0.39 is 10.9 Å². The molecule has 0 saturated carbocycles. The van der Waals surface area contributed by atoms with Gasteiger partial charge in [0, 0.05) is 15.9 Å². The maximum atomic E-state index is 11.0. The Hall–Kier alpha value is -1.45. The van der Waals surface area contributed by atoms with E-state index in [1.54, 1.807) is 17.5 Å². The smallest absolute Gasteiger partial charge is 0.309 e. The van der Waals surface area contributed by atoms with Gasteiger partial charge in [0.05, 0.1) is 21.9 Å². The summed E-state index contributed by atoms with van der Waals surface area (Å²) < 4.78 is 1.30. The predicted molar refractivity (Wildman–Crippen MR) is 78.4 cm³/mol. The molecule has 0 radical (unpaired) electrons.